The van der Waals surface area contributed by atoms with Crippen LogP contribution in [-0.4, -0.2) is 17.3 Å². The van der Waals surface area contributed by atoms with Crippen molar-refractivity contribution in [2.24, 2.45) is 5.92 Å². The monoisotopic (exact) mass is 333 g/mol. The highest BCUT2D eigenvalue weighted by molar-refractivity contribution is 9.09. The lowest BCUT2D eigenvalue weighted by Crippen LogP contribution is -2.37. The van der Waals surface area contributed by atoms with Gasteiger partial charge in [0.25, 0.3) is 5.91 Å². The van der Waals surface area contributed by atoms with Crippen molar-refractivity contribution in [1.29, 1.82) is 0 Å². The summed E-state index contributed by atoms with van der Waals surface area (Å²) in [6, 6.07) is 14.1. The second kappa shape index (κ2) is 6.89. The van der Waals surface area contributed by atoms with E-state index in [2.05, 4.69) is 41.2 Å². The molecule has 2 rings (SSSR count). The zero-order chi connectivity index (χ0) is 14.5. The Labute approximate surface area is 128 Å². The van der Waals surface area contributed by atoms with Crippen LogP contribution in [0.4, 0.5) is 0 Å². The maximum atomic E-state index is 12.3. The number of benzene rings is 2. The molecule has 0 aliphatic carbocycles. The molecule has 0 fully saturated rings. The van der Waals surface area contributed by atoms with E-state index in [1.54, 1.807) is 0 Å². The molecule has 1 N–H and O–H groups in total. The van der Waals surface area contributed by atoms with Crippen LogP contribution in [0, 0.1) is 5.92 Å². The summed E-state index contributed by atoms with van der Waals surface area (Å²) in [5, 5.41) is 6.13. The van der Waals surface area contributed by atoms with Crippen LogP contribution < -0.4 is 5.32 Å². The molecule has 1 amide bonds. The van der Waals surface area contributed by atoms with Crippen molar-refractivity contribution in [3.63, 3.8) is 0 Å². The van der Waals surface area contributed by atoms with Gasteiger partial charge in [0, 0.05) is 16.9 Å². The van der Waals surface area contributed by atoms with Crippen molar-refractivity contribution in [2.75, 3.05) is 5.33 Å². The summed E-state index contributed by atoms with van der Waals surface area (Å²) in [5.74, 6) is 0.565. The Bertz CT molecular complexity index is 594. The summed E-state index contributed by atoms with van der Waals surface area (Å²) in [4.78, 5) is 12.3. The Hall–Kier alpha value is -1.35. The summed E-state index contributed by atoms with van der Waals surface area (Å²) in [6.45, 7) is 4.33. The van der Waals surface area contributed by atoms with Gasteiger partial charge in [0.05, 0.1) is 0 Å². The molecule has 2 aromatic carbocycles. The number of halogens is 1. The highest BCUT2D eigenvalue weighted by Crippen LogP contribution is 2.16. The van der Waals surface area contributed by atoms with Crippen LogP contribution >= 0.6 is 15.9 Å². The molecule has 1 unspecified atom stereocenters. The number of alkyl halides is 1. The van der Waals surface area contributed by atoms with Crippen molar-refractivity contribution >= 4 is 32.6 Å². The van der Waals surface area contributed by atoms with Gasteiger partial charge in [-0.2, -0.15) is 0 Å². The highest BCUT2D eigenvalue weighted by atomic mass is 79.9. The number of rotatable bonds is 5. The topological polar surface area (TPSA) is 29.1 Å². The van der Waals surface area contributed by atoms with E-state index >= 15 is 0 Å². The number of carbonyl (C=O) groups excluding carboxylic acids is 1. The van der Waals surface area contributed by atoms with Gasteiger partial charge in [0.15, 0.2) is 0 Å². The van der Waals surface area contributed by atoms with Gasteiger partial charge in [0.2, 0.25) is 0 Å². The highest BCUT2D eigenvalue weighted by Gasteiger charge is 2.14. The predicted octanol–water partition coefficient (Wildman–Crippen LogP) is 4.38. The van der Waals surface area contributed by atoms with E-state index in [1.807, 2.05) is 36.4 Å². The summed E-state index contributed by atoms with van der Waals surface area (Å²) in [5.41, 5.74) is 0.721. The third-order valence-electron chi connectivity index (χ3n) is 3.29. The van der Waals surface area contributed by atoms with E-state index in [0.29, 0.717) is 5.92 Å². The third kappa shape index (κ3) is 3.83. The molecule has 0 bridgehead atoms. The molecule has 0 spiro atoms. The van der Waals surface area contributed by atoms with Gasteiger partial charge in [-0.25, -0.2) is 0 Å². The molecule has 0 saturated carbocycles. The fraction of sp³-hybridized carbons (Fsp3) is 0.353. The Morgan fingerprint density at radius 1 is 1.15 bits per heavy atom. The average Bonchev–Trinajstić information content (AvgIpc) is 2.45. The fourth-order valence-corrected chi connectivity index (χ4v) is 2.76. The molecule has 1 atom stereocenters. The van der Waals surface area contributed by atoms with E-state index in [-0.39, 0.29) is 11.9 Å². The van der Waals surface area contributed by atoms with Crippen LogP contribution in [-0.2, 0) is 0 Å². The Balaban J connectivity index is 2.14. The number of nitrogens with one attached hydrogen (secondary N) is 1. The molecular formula is C17H20BrNO. The number of hydrogen-bond donors (Lipinski definition) is 1. The zero-order valence-electron chi connectivity index (χ0n) is 11.9. The second-order valence-electron chi connectivity index (χ2n) is 5.52. The lowest BCUT2D eigenvalue weighted by Gasteiger charge is -2.18. The fourth-order valence-electron chi connectivity index (χ4n) is 2.33. The molecular weight excluding hydrogens is 314 g/mol. The molecule has 20 heavy (non-hydrogen) atoms. The molecule has 2 aromatic rings. The maximum absolute atomic E-state index is 12.3. The first-order chi connectivity index (χ1) is 9.60. The minimum Gasteiger partial charge on any atom is -0.348 e. The first-order valence-corrected chi connectivity index (χ1v) is 8.08. The zero-order valence-corrected chi connectivity index (χ0v) is 13.5. The number of fused-ring (bicyclic) bond motifs is 1. The predicted molar refractivity (Wildman–Crippen MR) is 88.5 cm³/mol. The molecule has 0 heterocycles. The number of carbonyl (C=O) groups is 1. The average molecular weight is 334 g/mol. The number of hydrogen-bond acceptors (Lipinski definition) is 1. The van der Waals surface area contributed by atoms with Crippen molar-refractivity contribution < 1.29 is 4.79 Å². The SMILES string of the molecule is CC(C)CC(CBr)NC(=O)c1ccc2ccccc2c1. The molecule has 0 aromatic heterocycles. The third-order valence-corrected chi connectivity index (χ3v) is 4.07. The second-order valence-corrected chi connectivity index (χ2v) is 6.16. The molecule has 2 nitrogen and oxygen atoms in total. The lowest BCUT2D eigenvalue weighted by atomic mass is 10.0. The van der Waals surface area contributed by atoms with Gasteiger partial charge in [-0.1, -0.05) is 60.1 Å². The van der Waals surface area contributed by atoms with Crippen LogP contribution in [0.2, 0.25) is 0 Å². The summed E-state index contributed by atoms with van der Waals surface area (Å²) in [7, 11) is 0. The first-order valence-electron chi connectivity index (χ1n) is 6.95. The lowest BCUT2D eigenvalue weighted by molar-refractivity contribution is 0.0937. The Morgan fingerprint density at radius 2 is 1.85 bits per heavy atom. The van der Waals surface area contributed by atoms with Gasteiger partial charge in [-0.05, 0) is 35.2 Å². The minimum absolute atomic E-state index is 0.000790. The van der Waals surface area contributed by atoms with E-state index in [9.17, 15) is 4.79 Å². The van der Waals surface area contributed by atoms with Crippen molar-refractivity contribution in [1.82, 2.24) is 5.32 Å². The smallest absolute Gasteiger partial charge is 0.251 e. The van der Waals surface area contributed by atoms with Gasteiger partial charge in [-0.3, -0.25) is 4.79 Å². The molecule has 0 aliphatic rings. The molecule has 3 heteroatoms. The van der Waals surface area contributed by atoms with E-state index < -0.39 is 0 Å². The van der Waals surface area contributed by atoms with Gasteiger partial charge >= 0.3 is 0 Å². The van der Waals surface area contributed by atoms with Gasteiger partial charge in [0.1, 0.15) is 0 Å². The molecule has 0 radical (unpaired) electrons. The maximum Gasteiger partial charge on any atom is 0.251 e. The summed E-state index contributed by atoms with van der Waals surface area (Å²) < 4.78 is 0. The van der Waals surface area contributed by atoms with Crippen LogP contribution in [0.25, 0.3) is 10.8 Å². The molecule has 106 valence electrons. The van der Waals surface area contributed by atoms with Gasteiger partial charge in [-0.15, -0.1) is 0 Å². The van der Waals surface area contributed by atoms with Gasteiger partial charge < -0.3 is 5.32 Å². The molecule has 0 aliphatic heterocycles. The van der Waals surface area contributed by atoms with Crippen molar-refractivity contribution in [2.45, 2.75) is 26.3 Å². The first kappa shape index (κ1) is 15.0. The molecule has 0 saturated heterocycles. The quantitative estimate of drug-likeness (QED) is 0.808. The summed E-state index contributed by atoms with van der Waals surface area (Å²) >= 11 is 3.47. The largest absolute Gasteiger partial charge is 0.348 e. The van der Waals surface area contributed by atoms with Crippen molar-refractivity contribution in [3.8, 4) is 0 Å². The van der Waals surface area contributed by atoms with E-state index in [0.717, 1.165) is 28.1 Å². The van der Waals surface area contributed by atoms with E-state index in [4.69, 9.17) is 0 Å². The van der Waals surface area contributed by atoms with Crippen LogP contribution in [0.1, 0.15) is 30.6 Å². The van der Waals surface area contributed by atoms with Crippen molar-refractivity contribution in [3.05, 3.63) is 48.0 Å². The number of amides is 1. The standard InChI is InChI=1S/C17H20BrNO/c1-12(2)9-16(11-18)19-17(20)15-8-7-13-5-3-4-6-14(13)10-15/h3-8,10,12,16H,9,11H2,1-2H3,(H,19,20). The normalized spacial score (nSPS) is 12.6. The van der Waals surface area contributed by atoms with Crippen LogP contribution in [0.5, 0.6) is 0 Å². The summed E-state index contributed by atoms with van der Waals surface area (Å²) in [6.07, 6.45) is 0.977. The van der Waals surface area contributed by atoms with Crippen LogP contribution in [0.3, 0.4) is 0 Å². The minimum atomic E-state index is 0.000790. The Kier molecular flexibility index (Phi) is 5.18. The van der Waals surface area contributed by atoms with E-state index in [1.165, 1.54) is 0 Å². The van der Waals surface area contributed by atoms with Crippen LogP contribution in [0.15, 0.2) is 42.5 Å². The Morgan fingerprint density at radius 3 is 2.50 bits per heavy atom.